The predicted molar refractivity (Wildman–Crippen MR) is 61.8 cm³/mol. The molecule has 0 amide bonds. The van der Waals surface area contributed by atoms with Crippen LogP contribution in [0.2, 0.25) is 0 Å². The van der Waals surface area contributed by atoms with Crippen LogP contribution in [0.15, 0.2) is 36.7 Å². The Morgan fingerprint density at radius 1 is 1.39 bits per heavy atom. The minimum atomic E-state index is -0.541. The van der Waals surface area contributed by atoms with E-state index >= 15 is 0 Å². The zero-order chi connectivity index (χ0) is 13.1. The third kappa shape index (κ3) is 2.19. The number of rotatable bonds is 3. The van der Waals surface area contributed by atoms with Crippen molar-refractivity contribution in [2.45, 2.75) is 0 Å². The maximum absolute atomic E-state index is 11.6. The van der Waals surface area contributed by atoms with Crippen LogP contribution < -0.4 is 9.47 Å². The van der Waals surface area contributed by atoms with Crippen molar-refractivity contribution < 1.29 is 14.4 Å². The molecule has 0 fully saturated rings. The molecule has 0 N–H and O–H groups in total. The molecule has 7 heteroatoms. The van der Waals surface area contributed by atoms with Crippen molar-refractivity contribution in [1.29, 1.82) is 0 Å². The van der Waals surface area contributed by atoms with E-state index in [1.807, 2.05) is 0 Å². The molecule has 0 atom stereocenters. The minimum Gasteiger partial charge on any atom is -0.618 e. The van der Waals surface area contributed by atoms with Crippen LogP contribution >= 0.6 is 0 Å². The maximum atomic E-state index is 11.6. The topological polar surface area (TPSA) is 92.2 Å². The quantitative estimate of drug-likeness (QED) is 0.353. The van der Waals surface area contributed by atoms with Crippen LogP contribution in [-0.4, -0.2) is 17.0 Å². The molecule has 0 radical (unpaired) electrons. The Hall–Kier alpha value is -2.70. The fourth-order valence-electron chi connectivity index (χ4n) is 1.45. The van der Waals surface area contributed by atoms with Crippen molar-refractivity contribution in [2.75, 3.05) is 7.11 Å². The summed E-state index contributed by atoms with van der Waals surface area (Å²) >= 11 is 0. The van der Waals surface area contributed by atoms with Crippen molar-refractivity contribution in [3.05, 3.63) is 52.0 Å². The number of hydrogen-bond acceptors (Lipinski definition) is 5. The van der Waals surface area contributed by atoms with Gasteiger partial charge in [0.2, 0.25) is 5.69 Å². The molecule has 0 unspecified atom stereocenters. The van der Waals surface area contributed by atoms with Gasteiger partial charge in [0.25, 0.3) is 5.69 Å². The lowest BCUT2D eigenvalue weighted by molar-refractivity contribution is -0.593. The molecule has 0 aliphatic carbocycles. The molecule has 0 aliphatic heterocycles. The Morgan fingerprint density at radius 2 is 2.17 bits per heavy atom. The zero-order valence-corrected chi connectivity index (χ0v) is 9.44. The number of ether oxygens (including phenoxy) is 1. The van der Waals surface area contributed by atoms with Crippen molar-refractivity contribution in [3.63, 3.8) is 0 Å². The first-order valence-electron chi connectivity index (χ1n) is 5.00. The lowest BCUT2D eigenvalue weighted by atomic mass is 10.2. The number of nitrogens with zero attached hydrogens (tertiary/aromatic N) is 3. The standard InChI is InChI=1S/C11H9N3O4/c1-18-9-3-5-13(15)11(7-9)10-6-8(14(16)17)2-4-12-10/h2-7H,1H3. The number of pyridine rings is 2. The molecular weight excluding hydrogens is 238 g/mol. The SMILES string of the molecule is COc1cc[n+]([O-])c(-c2cc([N+](=O)[O-])ccn2)c1. The molecule has 18 heavy (non-hydrogen) atoms. The molecule has 0 saturated carbocycles. The molecule has 0 spiro atoms. The molecule has 2 heterocycles. The van der Waals surface area contributed by atoms with E-state index in [4.69, 9.17) is 4.74 Å². The van der Waals surface area contributed by atoms with Crippen molar-refractivity contribution in [3.8, 4) is 17.1 Å². The fraction of sp³-hybridized carbons (Fsp3) is 0.0909. The Kier molecular flexibility index (Phi) is 3.05. The van der Waals surface area contributed by atoms with Crippen LogP contribution in [-0.2, 0) is 0 Å². The summed E-state index contributed by atoms with van der Waals surface area (Å²) in [6, 6.07) is 5.47. The predicted octanol–water partition coefficient (Wildman–Crippen LogP) is 1.30. The number of methoxy groups -OCH3 is 1. The lowest BCUT2D eigenvalue weighted by Crippen LogP contribution is -2.28. The molecule has 0 aromatic carbocycles. The average molecular weight is 247 g/mol. The van der Waals surface area contributed by atoms with Gasteiger partial charge in [0.1, 0.15) is 11.4 Å². The monoisotopic (exact) mass is 247 g/mol. The van der Waals surface area contributed by atoms with E-state index in [1.165, 1.54) is 43.8 Å². The summed E-state index contributed by atoms with van der Waals surface area (Å²) in [5.74, 6) is 0.477. The largest absolute Gasteiger partial charge is 0.618 e. The van der Waals surface area contributed by atoms with E-state index in [-0.39, 0.29) is 17.1 Å². The van der Waals surface area contributed by atoms with Crippen LogP contribution in [0.25, 0.3) is 11.4 Å². The Morgan fingerprint density at radius 3 is 2.83 bits per heavy atom. The van der Waals surface area contributed by atoms with Gasteiger partial charge in [-0.15, -0.1) is 0 Å². The maximum Gasteiger partial charge on any atom is 0.273 e. The summed E-state index contributed by atoms with van der Waals surface area (Å²) in [7, 11) is 1.47. The summed E-state index contributed by atoms with van der Waals surface area (Å²) in [6.07, 6.45) is 2.54. The van der Waals surface area contributed by atoms with Gasteiger partial charge in [-0.3, -0.25) is 10.1 Å². The van der Waals surface area contributed by atoms with Crippen LogP contribution in [0.5, 0.6) is 5.75 Å². The van der Waals surface area contributed by atoms with Crippen LogP contribution in [0.3, 0.4) is 0 Å². The van der Waals surface area contributed by atoms with Gasteiger partial charge < -0.3 is 9.94 Å². The van der Waals surface area contributed by atoms with Gasteiger partial charge in [0.15, 0.2) is 6.20 Å². The molecule has 0 aliphatic rings. The van der Waals surface area contributed by atoms with Crippen molar-refractivity contribution in [2.24, 2.45) is 0 Å². The molecule has 0 saturated heterocycles. The second-order valence-corrected chi connectivity index (χ2v) is 3.43. The first kappa shape index (κ1) is 11.8. The molecule has 2 aromatic heterocycles. The normalized spacial score (nSPS) is 10.1. The van der Waals surface area contributed by atoms with E-state index in [2.05, 4.69) is 4.98 Å². The molecule has 92 valence electrons. The second-order valence-electron chi connectivity index (χ2n) is 3.43. The van der Waals surface area contributed by atoms with Crippen LogP contribution in [0.1, 0.15) is 0 Å². The van der Waals surface area contributed by atoms with Gasteiger partial charge in [-0.05, 0) is 0 Å². The number of nitro groups is 1. The average Bonchev–Trinajstić information content (AvgIpc) is 2.39. The summed E-state index contributed by atoms with van der Waals surface area (Å²) in [4.78, 5) is 14.1. The minimum absolute atomic E-state index is 0.122. The third-order valence-electron chi connectivity index (χ3n) is 2.34. The van der Waals surface area contributed by atoms with Crippen molar-refractivity contribution in [1.82, 2.24) is 4.98 Å². The Labute approximate surface area is 102 Å². The summed E-state index contributed by atoms with van der Waals surface area (Å²) in [5, 5.41) is 22.3. The first-order valence-corrected chi connectivity index (χ1v) is 5.00. The number of hydrogen-bond donors (Lipinski definition) is 0. The molecule has 0 bridgehead atoms. The van der Waals surface area contributed by atoms with Gasteiger partial charge in [-0.1, -0.05) is 0 Å². The Balaban J connectivity index is 2.54. The molecule has 2 aromatic rings. The fourth-order valence-corrected chi connectivity index (χ4v) is 1.45. The second kappa shape index (κ2) is 4.66. The molecule has 2 rings (SSSR count). The highest BCUT2D eigenvalue weighted by atomic mass is 16.6. The van der Waals surface area contributed by atoms with Gasteiger partial charge >= 0.3 is 0 Å². The highest BCUT2D eigenvalue weighted by Gasteiger charge is 2.15. The van der Waals surface area contributed by atoms with Crippen LogP contribution in [0, 0.1) is 15.3 Å². The van der Waals surface area contributed by atoms with E-state index in [1.54, 1.807) is 0 Å². The highest BCUT2D eigenvalue weighted by Crippen LogP contribution is 2.21. The van der Waals surface area contributed by atoms with Crippen molar-refractivity contribution >= 4 is 5.69 Å². The van der Waals surface area contributed by atoms with Crippen LogP contribution in [0.4, 0.5) is 5.69 Å². The van der Waals surface area contributed by atoms with Gasteiger partial charge in [-0.25, -0.2) is 4.98 Å². The smallest absolute Gasteiger partial charge is 0.273 e. The summed E-state index contributed by atoms with van der Waals surface area (Å²) in [5.41, 5.74) is 0.291. The Bertz CT molecular complexity index is 601. The zero-order valence-electron chi connectivity index (χ0n) is 9.44. The van der Waals surface area contributed by atoms with E-state index in [0.29, 0.717) is 10.5 Å². The van der Waals surface area contributed by atoms with E-state index < -0.39 is 4.92 Å². The van der Waals surface area contributed by atoms with Gasteiger partial charge in [0.05, 0.1) is 18.1 Å². The van der Waals surface area contributed by atoms with Gasteiger partial charge in [0, 0.05) is 24.4 Å². The summed E-state index contributed by atoms with van der Waals surface area (Å²) < 4.78 is 5.57. The third-order valence-corrected chi connectivity index (χ3v) is 2.34. The van der Waals surface area contributed by atoms with E-state index in [0.717, 1.165) is 0 Å². The lowest BCUT2D eigenvalue weighted by Gasteiger charge is -2.05. The van der Waals surface area contributed by atoms with E-state index in [9.17, 15) is 15.3 Å². The highest BCUT2D eigenvalue weighted by molar-refractivity contribution is 5.56. The van der Waals surface area contributed by atoms with Gasteiger partial charge in [-0.2, -0.15) is 4.73 Å². The molecule has 7 nitrogen and oxygen atoms in total. The molecular formula is C11H9N3O4. The first-order chi connectivity index (χ1) is 8.61. The summed E-state index contributed by atoms with van der Waals surface area (Å²) in [6.45, 7) is 0. The number of aromatic nitrogens is 2.